The van der Waals surface area contributed by atoms with Crippen LogP contribution in [0, 0.1) is 0 Å². The van der Waals surface area contributed by atoms with Gasteiger partial charge in [0, 0.05) is 6.42 Å². The number of hydrogen-bond acceptors (Lipinski definition) is 4. The van der Waals surface area contributed by atoms with Crippen molar-refractivity contribution in [2.75, 3.05) is 6.61 Å². The fraction of sp³-hybridized carbons (Fsp3) is 0.925. The molecule has 5 heteroatoms. The molecule has 0 aromatic rings. The summed E-state index contributed by atoms with van der Waals surface area (Å²) in [5.74, 6) is -0.156. The van der Waals surface area contributed by atoms with Crippen molar-refractivity contribution in [1.82, 2.24) is 5.32 Å². The van der Waals surface area contributed by atoms with Gasteiger partial charge >= 0.3 is 0 Å². The summed E-state index contributed by atoms with van der Waals surface area (Å²) in [5.41, 5.74) is 0. The van der Waals surface area contributed by atoms with Gasteiger partial charge in [0.15, 0.2) is 0 Å². The molecule has 5 nitrogen and oxygen atoms in total. The number of unbranched alkanes of at least 4 members (excludes halogenated alkanes) is 26. The molecule has 45 heavy (non-hydrogen) atoms. The van der Waals surface area contributed by atoms with Crippen LogP contribution in [0.2, 0.25) is 0 Å². The van der Waals surface area contributed by atoms with Crippen LogP contribution < -0.4 is 5.32 Å². The number of hydrogen-bond donors (Lipinski definition) is 4. The Balaban J connectivity index is 3.64. The molecular formula is C40H79NO4. The van der Waals surface area contributed by atoms with E-state index in [2.05, 4.69) is 31.3 Å². The molecule has 0 fully saturated rings. The lowest BCUT2D eigenvalue weighted by Gasteiger charge is -2.26. The quantitative estimate of drug-likeness (QED) is 0.0406. The van der Waals surface area contributed by atoms with Gasteiger partial charge in [-0.15, -0.1) is 0 Å². The number of aliphatic hydroxyl groups is 3. The lowest BCUT2D eigenvalue weighted by atomic mass is 10.0. The van der Waals surface area contributed by atoms with Crippen LogP contribution in [0.5, 0.6) is 0 Å². The SMILES string of the molecule is CCCCCCCCCCCCCCCCCC/C=C/CCCC(O)C(O)C(CO)NC(=O)CCCCCCCCCCCC. The van der Waals surface area contributed by atoms with Gasteiger partial charge in [0.05, 0.1) is 18.8 Å². The van der Waals surface area contributed by atoms with Crippen LogP contribution in [0.25, 0.3) is 0 Å². The molecule has 0 saturated heterocycles. The van der Waals surface area contributed by atoms with Gasteiger partial charge in [0.1, 0.15) is 6.10 Å². The smallest absolute Gasteiger partial charge is 0.220 e. The van der Waals surface area contributed by atoms with E-state index in [1.54, 1.807) is 0 Å². The largest absolute Gasteiger partial charge is 0.394 e. The summed E-state index contributed by atoms with van der Waals surface area (Å²) in [4.78, 5) is 12.3. The number of amides is 1. The van der Waals surface area contributed by atoms with Crippen molar-refractivity contribution in [1.29, 1.82) is 0 Å². The summed E-state index contributed by atoms with van der Waals surface area (Å²) >= 11 is 0. The van der Waals surface area contributed by atoms with E-state index in [0.29, 0.717) is 12.8 Å². The van der Waals surface area contributed by atoms with E-state index in [1.807, 2.05) is 0 Å². The van der Waals surface area contributed by atoms with Crippen molar-refractivity contribution >= 4 is 5.91 Å². The zero-order chi connectivity index (χ0) is 33.1. The molecule has 268 valence electrons. The van der Waals surface area contributed by atoms with E-state index in [4.69, 9.17) is 0 Å². The Hall–Kier alpha value is -0.910. The summed E-state index contributed by atoms with van der Waals surface area (Å²) in [5, 5.41) is 33.3. The highest BCUT2D eigenvalue weighted by molar-refractivity contribution is 5.76. The van der Waals surface area contributed by atoms with Crippen LogP contribution in [0.1, 0.15) is 213 Å². The predicted octanol–water partition coefficient (Wildman–Crippen LogP) is 10.9. The predicted molar refractivity (Wildman–Crippen MR) is 195 cm³/mol. The first-order valence-corrected chi connectivity index (χ1v) is 20.0. The monoisotopic (exact) mass is 638 g/mol. The Labute approximate surface area is 280 Å². The molecule has 0 aliphatic heterocycles. The zero-order valence-corrected chi connectivity index (χ0v) is 30.3. The third-order valence-corrected chi connectivity index (χ3v) is 9.37. The molecule has 0 bridgehead atoms. The third kappa shape index (κ3) is 31.5. The molecule has 3 atom stereocenters. The van der Waals surface area contributed by atoms with E-state index in [0.717, 1.165) is 38.5 Å². The fourth-order valence-corrected chi connectivity index (χ4v) is 6.22. The molecule has 0 aliphatic rings. The Kier molecular flexibility index (Phi) is 35.2. The maximum atomic E-state index is 12.3. The van der Waals surface area contributed by atoms with E-state index >= 15 is 0 Å². The van der Waals surface area contributed by atoms with Crippen molar-refractivity contribution in [3.8, 4) is 0 Å². The summed E-state index contributed by atoms with van der Waals surface area (Å²) in [6.45, 7) is 4.15. The van der Waals surface area contributed by atoms with Gasteiger partial charge in [-0.05, 0) is 38.5 Å². The van der Waals surface area contributed by atoms with E-state index in [9.17, 15) is 20.1 Å². The van der Waals surface area contributed by atoms with Gasteiger partial charge in [0.25, 0.3) is 0 Å². The molecule has 0 rings (SSSR count). The van der Waals surface area contributed by atoms with Crippen molar-refractivity contribution in [2.24, 2.45) is 0 Å². The molecule has 0 saturated carbocycles. The first kappa shape index (κ1) is 44.1. The summed E-state index contributed by atoms with van der Waals surface area (Å²) in [6.07, 6.45) is 40.4. The zero-order valence-electron chi connectivity index (χ0n) is 30.3. The van der Waals surface area contributed by atoms with Crippen LogP contribution in [-0.2, 0) is 4.79 Å². The van der Waals surface area contributed by atoms with Gasteiger partial charge < -0.3 is 20.6 Å². The van der Waals surface area contributed by atoms with Crippen LogP contribution in [0.4, 0.5) is 0 Å². The highest BCUT2D eigenvalue weighted by Crippen LogP contribution is 2.15. The summed E-state index contributed by atoms with van der Waals surface area (Å²) < 4.78 is 0. The number of rotatable bonds is 36. The second kappa shape index (κ2) is 35.9. The fourth-order valence-electron chi connectivity index (χ4n) is 6.22. The molecule has 0 aliphatic carbocycles. The molecule has 4 N–H and O–H groups in total. The lowest BCUT2D eigenvalue weighted by molar-refractivity contribution is -0.124. The Morgan fingerprint density at radius 2 is 0.889 bits per heavy atom. The highest BCUT2D eigenvalue weighted by atomic mass is 16.3. The first-order chi connectivity index (χ1) is 22.1. The van der Waals surface area contributed by atoms with Crippen LogP contribution in [-0.4, -0.2) is 46.1 Å². The first-order valence-electron chi connectivity index (χ1n) is 20.0. The number of aliphatic hydroxyl groups excluding tert-OH is 3. The maximum Gasteiger partial charge on any atom is 0.220 e. The molecule has 3 unspecified atom stereocenters. The maximum absolute atomic E-state index is 12.3. The van der Waals surface area contributed by atoms with E-state index in [-0.39, 0.29) is 12.5 Å². The van der Waals surface area contributed by atoms with Crippen molar-refractivity contribution < 1.29 is 20.1 Å². The number of nitrogens with one attached hydrogen (secondary N) is 1. The highest BCUT2D eigenvalue weighted by Gasteiger charge is 2.26. The summed E-state index contributed by atoms with van der Waals surface area (Å²) in [7, 11) is 0. The van der Waals surface area contributed by atoms with E-state index in [1.165, 1.54) is 148 Å². The molecule has 1 amide bonds. The van der Waals surface area contributed by atoms with Crippen molar-refractivity contribution in [2.45, 2.75) is 231 Å². The van der Waals surface area contributed by atoms with Crippen LogP contribution in [0.3, 0.4) is 0 Å². The second-order valence-corrected chi connectivity index (χ2v) is 13.8. The van der Waals surface area contributed by atoms with Crippen molar-refractivity contribution in [3.63, 3.8) is 0 Å². The van der Waals surface area contributed by atoms with Crippen LogP contribution >= 0.6 is 0 Å². The molecule has 0 aromatic carbocycles. The van der Waals surface area contributed by atoms with Gasteiger partial charge in [-0.25, -0.2) is 0 Å². The molecular weight excluding hydrogens is 558 g/mol. The minimum atomic E-state index is -1.15. The van der Waals surface area contributed by atoms with Gasteiger partial charge in [-0.1, -0.05) is 180 Å². The Bertz CT molecular complexity index is 625. The third-order valence-electron chi connectivity index (χ3n) is 9.37. The average Bonchev–Trinajstić information content (AvgIpc) is 3.04. The molecule has 0 spiro atoms. The molecule has 0 aromatic heterocycles. The Morgan fingerprint density at radius 3 is 1.29 bits per heavy atom. The van der Waals surface area contributed by atoms with Gasteiger partial charge in [-0.2, -0.15) is 0 Å². The molecule has 0 heterocycles. The Morgan fingerprint density at radius 1 is 0.533 bits per heavy atom. The second-order valence-electron chi connectivity index (χ2n) is 13.8. The lowest BCUT2D eigenvalue weighted by Crippen LogP contribution is -2.50. The minimum absolute atomic E-state index is 0.156. The minimum Gasteiger partial charge on any atom is -0.394 e. The average molecular weight is 638 g/mol. The van der Waals surface area contributed by atoms with Gasteiger partial charge in [0.2, 0.25) is 5.91 Å². The number of carbonyl (C=O) groups excluding carboxylic acids is 1. The van der Waals surface area contributed by atoms with Crippen LogP contribution in [0.15, 0.2) is 12.2 Å². The number of carbonyl (C=O) groups is 1. The summed E-state index contributed by atoms with van der Waals surface area (Å²) in [6, 6.07) is -0.818. The molecule has 0 radical (unpaired) electrons. The van der Waals surface area contributed by atoms with Gasteiger partial charge in [-0.3, -0.25) is 4.79 Å². The van der Waals surface area contributed by atoms with E-state index < -0.39 is 18.2 Å². The number of allylic oxidation sites excluding steroid dienone is 2. The standard InChI is InChI=1S/C40H79NO4/c1-3-5-7-9-11-13-15-16-17-18-19-20-21-22-23-24-25-26-28-30-32-34-38(43)40(45)37(36-42)41-39(44)35-33-31-29-27-14-12-10-8-6-4-2/h26,28,37-38,40,42-43,45H,3-25,27,29-36H2,1-2H3,(H,41,44)/b28-26+. The topological polar surface area (TPSA) is 89.8 Å². The normalized spacial score (nSPS) is 13.8. The van der Waals surface area contributed by atoms with Crippen molar-refractivity contribution in [3.05, 3.63) is 12.2 Å².